The van der Waals surface area contributed by atoms with Crippen molar-refractivity contribution in [2.75, 3.05) is 18.1 Å². The number of sulfonamides is 1. The van der Waals surface area contributed by atoms with Crippen LogP contribution in [-0.2, 0) is 14.8 Å². The number of carbonyl (C=O) groups is 2. The van der Waals surface area contributed by atoms with Gasteiger partial charge < -0.3 is 5.32 Å². The molecule has 1 fully saturated rings. The second kappa shape index (κ2) is 6.58. The minimum atomic E-state index is -3.40. The van der Waals surface area contributed by atoms with Crippen molar-refractivity contribution >= 4 is 27.4 Å². The van der Waals surface area contributed by atoms with Crippen LogP contribution < -0.4 is 5.32 Å². The first-order chi connectivity index (χ1) is 10.3. The third-order valence-electron chi connectivity index (χ3n) is 3.74. The highest BCUT2D eigenvalue weighted by atomic mass is 32.2. The summed E-state index contributed by atoms with van der Waals surface area (Å²) in [5, 5.41) is 2.72. The van der Waals surface area contributed by atoms with Gasteiger partial charge in [-0.2, -0.15) is 4.31 Å². The van der Waals surface area contributed by atoms with Gasteiger partial charge >= 0.3 is 0 Å². The Morgan fingerprint density at radius 1 is 1.18 bits per heavy atom. The molecule has 1 heterocycles. The average molecular weight is 324 g/mol. The third-order valence-corrected chi connectivity index (χ3v) is 5.03. The minimum Gasteiger partial charge on any atom is -0.325 e. The molecule has 1 saturated heterocycles. The zero-order valence-corrected chi connectivity index (χ0v) is 13.5. The first-order valence-electron chi connectivity index (χ1n) is 7.18. The predicted octanol–water partition coefficient (Wildman–Crippen LogP) is 1.64. The van der Waals surface area contributed by atoms with Crippen LogP contribution in [0.5, 0.6) is 0 Å². The lowest BCUT2D eigenvalue weighted by Gasteiger charge is -2.32. The van der Waals surface area contributed by atoms with Gasteiger partial charge in [-0.1, -0.05) is 6.42 Å². The molecular formula is C15H20N2O4S. The van der Waals surface area contributed by atoms with Crippen molar-refractivity contribution in [1.29, 1.82) is 0 Å². The molecule has 1 amide bonds. The SMILES string of the molecule is CC(=O)c1ccc(NC(=O)[C@@H]2CCCCN2S(C)(=O)=O)cc1. The monoisotopic (exact) mass is 324 g/mol. The van der Waals surface area contributed by atoms with E-state index in [1.807, 2.05) is 0 Å². The van der Waals surface area contributed by atoms with Crippen molar-refractivity contribution in [3.05, 3.63) is 29.8 Å². The Hall–Kier alpha value is -1.73. The summed E-state index contributed by atoms with van der Waals surface area (Å²) in [6, 6.07) is 5.88. The highest BCUT2D eigenvalue weighted by Gasteiger charge is 2.34. The van der Waals surface area contributed by atoms with E-state index in [1.54, 1.807) is 24.3 Å². The van der Waals surface area contributed by atoms with E-state index >= 15 is 0 Å². The highest BCUT2D eigenvalue weighted by Crippen LogP contribution is 2.21. The maximum absolute atomic E-state index is 12.4. The molecule has 1 aliphatic rings. The number of piperidine rings is 1. The number of benzene rings is 1. The lowest BCUT2D eigenvalue weighted by atomic mass is 10.0. The van der Waals surface area contributed by atoms with E-state index in [2.05, 4.69) is 5.32 Å². The molecule has 1 aromatic carbocycles. The Morgan fingerprint density at radius 3 is 2.36 bits per heavy atom. The summed E-state index contributed by atoms with van der Waals surface area (Å²) >= 11 is 0. The van der Waals surface area contributed by atoms with E-state index in [1.165, 1.54) is 11.2 Å². The Morgan fingerprint density at radius 2 is 1.82 bits per heavy atom. The van der Waals surface area contributed by atoms with Crippen LogP contribution in [0.15, 0.2) is 24.3 Å². The second-order valence-corrected chi connectivity index (χ2v) is 7.44. The zero-order valence-electron chi connectivity index (χ0n) is 12.7. The first-order valence-corrected chi connectivity index (χ1v) is 9.02. The molecule has 7 heteroatoms. The van der Waals surface area contributed by atoms with Crippen LogP contribution in [0, 0.1) is 0 Å². The van der Waals surface area contributed by atoms with Crippen molar-refractivity contribution < 1.29 is 18.0 Å². The van der Waals surface area contributed by atoms with Crippen LogP contribution in [0.25, 0.3) is 0 Å². The zero-order chi connectivity index (χ0) is 16.3. The van der Waals surface area contributed by atoms with Crippen LogP contribution in [0.2, 0.25) is 0 Å². The van der Waals surface area contributed by atoms with Gasteiger partial charge in [0.25, 0.3) is 0 Å². The molecule has 0 bridgehead atoms. The molecule has 0 saturated carbocycles. The lowest BCUT2D eigenvalue weighted by Crippen LogP contribution is -2.49. The molecule has 0 spiro atoms. The second-order valence-electron chi connectivity index (χ2n) is 5.51. The number of rotatable bonds is 4. The first kappa shape index (κ1) is 16.6. The maximum atomic E-state index is 12.4. The number of hydrogen-bond acceptors (Lipinski definition) is 4. The molecule has 1 aromatic rings. The summed E-state index contributed by atoms with van der Waals surface area (Å²) in [7, 11) is -3.40. The van der Waals surface area contributed by atoms with Crippen molar-refractivity contribution in [3.63, 3.8) is 0 Å². The van der Waals surface area contributed by atoms with Gasteiger partial charge in [-0.25, -0.2) is 8.42 Å². The quantitative estimate of drug-likeness (QED) is 0.854. The third kappa shape index (κ3) is 3.92. The molecule has 0 unspecified atom stereocenters. The summed E-state index contributed by atoms with van der Waals surface area (Å²) in [5.41, 5.74) is 1.11. The Labute approximate surface area is 130 Å². The van der Waals surface area contributed by atoms with Crippen molar-refractivity contribution in [2.45, 2.75) is 32.2 Å². The van der Waals surface area contributed by atoms with E-state index < -0.39 is 16.1 Å². The standard InChI is InChI=1S/C15H20N2O4S/c1-11(18)12-6-8-13(9-7-12)16-15(19)14-5-3-4-10-17(14)22(2,20)21/h6-9,14H,3-5,10H2,1-2H3,(H,16,19)/t14-/m0/s1. The van der Waals surface area contributed by atoms with Crippen molar-refractivity contribution in [3.8, 4) is 0 Å². The van der Waals surface area contributed by atoms with E-state index in [4.69, 9.17) is 0 Å². The van der Waals surface area contributed by atoms with Crippen LogP contribution in [0.1, 0.15) is 36.5 Å². The normalized spacial score (nSPS) is 19.6. The van der Waals surface area contributed by atoms with Gasteiger partial charge in [-0.3, -0.25) is 9.59 Å². The van der Waals surface area contributed by atoms with Crippen LogP contribution in [0.3, 0.4) is 0 Å². The van der Waals surface area contributed by atoms with Crippen molar-refractivity contribution in [2.24, 2.45) is 0 Å². The molecule has 1 aliphatic heterocycles. The number of nitrogens with zero attached hydrogens (tertiary/aromatic N) is 1. The Kier molecular flexibility index (Phi) is 4.97. The van der Waals surface area contributed by atoms with E-state index in [-0.39, 0.29) is 11.7 Å². The molecule has 22 heavy (non-hydrogen) atoms. The van der Waals surface area contributed by atoms with Gasteiger partial charge in [0.2, 0.25) is 15.9 Å². The summed E-state index contributed by atoms with van der Waals surface area (Å²) < 4.78 is 24.8. The molecule has 1 N–H and O–H groups in total. The smallest absolute Gasteiger partial charge is 0.242 e. The van der Waals surface area contributed by atoms with Crippen LogP contribution in [0.4, 0.5) is 5.69 Å². The van der Waals surface area contributed by atoms with Crippen LogP contribution in [-0.4, -0.2) is 43.3 Å². The predicted molar refractivity (Wildman–Crippen MR) is 84.3 cm³/mol. The summed E-state index contributed by atoms with van der Waals surface area (Å²) in [6.07, 6.45) is 3.24. The number of amides is 1. The Bertz CT molecular complexity index is 667. The van der Waals surface area contributed by atoms with E-state index in [9.17, 15) is 18.0 Å². The van der Waals surface area contributed by atoms with E-state index in [0.29, 0.717) is 24.2 Å². The largest absolute Gasteiger partial charge is 0.325 e. The fraction of sp³-hybridized carbons (Fsp3) is 0.467. The molecule has 0 aromatic heterocycles. The maximum Gasteiger partial charge on any atom is 0.242 e. The van der Waals surface area contributed by atoms with Gasteiger partial charge in [-0.05, 0) is 44.0 Å². The number of ketones is 1. The number of nitrogens with one attached hydrogen (secondary N) is 1. The van der Waals surface area contributed by atoms with Gasteiger partial charge in [0.05, 0.1) is 6.26 Å². The summed E-state index contributed by atoms with van der Waals surface area (Å²) in [6.45, 7) is 1.85. The Balaban J connectivity index is 2.11. The van der Waals surface area contributed by atoms with Gasteiger partial charge in [0.1, 0.15) is 6.04 Å². The molecule has 6 nitrogen and oxygen atoms in total. The highest BCUT2D eigenvalue weighted by molar-refractivity contribution is 7.88. The molecular weight excluding hydrogens is 304 g/mol. The molecule has 2 rings (SSSR count). The fourth-order valence-electron chi connectivity index (χ4n) is 2.58. The lowest BCUT2D eigenvalue weighted by molar-refractivity contribution is -0.120. The van der Waals surface area contributed by atoms with E-state index in [0.717, 1.165) is 19.1 Å². The van der Waals surface area contributed by atoms with Gasteiger partial charge in [0, 0.05) is 17.8 Å². The number of anilines is 1. The topological polar surface area (TPSA) is 83.6 Å². The minimum absolute atomic E-state index is 0.0478. The number of carbonyl (C=O) groups excluding carboxylic acids is 2. The molecule has 1 atom stereocenters. The summed E-state index contributed by atoms with van der Waals surface area (Å²) in [4.78, 5) is 23.6. The van der Waals surface area contributed by atoms with Gasteiger partial charge in [0.15, 0.2) is 5.78 Å². The molecule has 120 valence electrons. The number of hydrogen-bond donors (Lipinski definition) is 1. The number of Topliss-reactive ketones (excluding diaryl/α,β-unsaturated/α-hetero) is 1. The molecule has 0 radical (unpaired) electrons. The van der Waals surface area contributed by atoms with Crippen LogP contribution >= 0.6 is 0 Å². The van der Waals surface area contributed by atoms with Gasteiger partial charge in [-0.15, -0.1) is 0 Å². The fourth-order valence-corrected chi connectivity index (χ4v) is 3.70. The average Bonchev–Trinajstić information content (AvgIpc) is 2.47. The molecule has 0 aliphatic carbocycles. The van der Waals surface area contributed by atoms with Crippen molar-refractivity contribution in [1.82, 2.24) is 4.31 Å². The summed E-state index contributed by atoms with van der Waals surface area (Å²) in [5.74, 6) is -0.380.